The highest BCUT2D eigenvalue weighted by molar-refractivity contribution is 7.98. The summed E-state index contributed by atoms with van der Waals surface area (Å²) < 4.78 is 4.65. The van der Waals surface area contributed by atoms with Gasteiger partial charge < -0.3 is 4.74 Å². The lowest BCUT2D eigenvalue weighted by Gasteiger charge is -1.84. The minimum Gasteiger partial charge on any atom is -0.374 e. The molecule has 0 unspecified atom stereocenters. The zero-order chi connectivity index (χ0) is 4.12. The van der Waals surface area contributed by atoms with Crippen LogP contribution < -0.4 is 0 Å². The summed E-state index contributed by atoms with van der Waals surface area (Å²) in [4.78, 5) is 0. The molecule has 0 aliphatic carbocycles. The fourth-order valence-corrected chi connectivity index (χ4v) is 0.354. The summed E-state index contributed by atoms with van der Waals surface area (Å²) in [5, 5.41) is 0. The molecule has 5 heavy (non-hydrogen) atoms. The van der Waals surface area contributed by atoms with E-state index in [1.165, 1.54) is 0 Å². The maximum Gasteiger partial charge on any atom is 0.0914 e. The van der Waals surface area contributed by atoms with E-state index in [1.54, 1.807) is 18.9 Å². The third kappa shape index (κ3) is 4.31. The molecule has 0 atom stereocenters. The van der Waals surface area contributed by atoms with Crippen molar-refractivity contribution in [1.29, 1.82) is 0 Å². The van der Waals surface area contributed by atoms with E-state index in [-0.39, 0.29) is 0 Å². The molecule has 0 saturated carbocycles. The van der Waals surface area contributed by atoms with Crippen LogP contribution in [-0.4, -0.2) is 19.3 Å². The molecule has 32 valence electrons. The summed E-state index contributed by atoms with van der Waals surface area (Å²) in [5.41, 5.74) is 0. The van der Waals surface area contributed by atoms with Gasteiger partial charge in [-0.05, 0) is 6.26 Å². The van der Waals surface area contributed by atoms with E-state index in [2.05, 4.69) is 4.74 Å². The Balaban J connectivity index is 2.19. The van der Waals surface area contributed by atoms with Crippen LogP contribution in [0.3, 0.4) is 0 Å². The summed E-state index contributed by atoms with van der Waals surface area (Å²) in [7, 11) is 1.69. The van der Waals surface area contributed by atoms with Gasteiger partial charge in [0.05, 0.1) is 5.94 Å². The first-order valence-corrected chi connectivity index (χ1v) is 2.79. The van der Waals surface area contributed by atoms with Gasteiger partial charge in [-0.25, -0.2) is 0 Å². The summed E-state index contributed by atoms with van der Waals surface area (Å²) in [6.45, 7) is 0. The zero-order valence-electron chi connectivity index (χ0n) is 3.52. The second kappa shape index (κ2) is 4.31. The predicted molar refractivity (Wildman–Crippen MR) is 25.4 cm³/mol. The number of thioether (sulfide) groups is 1. The van der Waals surface area contributed by atoms with Gasteiger partial charge in [0.25, 0.3) is 0 Å². The third-order valence-corrected chi connectivity index (χ3v) is 0.707. The Bertz CT molecular complexity index is 14.4. The minimum absolute atomic E-state index is 0.806. The second-order valence-corrected chi connectivity index (χ2v) is 1.51. The molecule has 2 heteroatoms. The van der Waals surface area contributed by atoms with Crippen LogP contribution in [0.2, 0.25) is 0 Å². The molecule has 0 amide bonds. The number of methoxy groups -OCH3 is 1. The monoisotopic (exact) mass is 92.0 g/mol. The van der Waals surface area contributed by atoms with Gasteiger partial charge >= 0.3 is 0 Å². The Hall–Kier alpha value is 0.310. The molecule has 0 aromatic rings. The molecular formula is C3H8OS. The van der Waals surface area contributed by atoms with Crippen molar-refractivity contribution in [2.24, 2.45) is 0 Å². The predicted octanol–water partition coefficient (Wildman–Crippen LogP) is 0.953. The van der Waals surface area contributed by atoms with Crippen LogP contribution >= 0.6 is 11.8 Å². The zero-order valence-corrected chi connectivity index (χ0v) is 4.34. The largest absolute Gasteiger partial charge is 0.374 e. The molecule has 0 radical (unpaired) electrons. The number of ether oxygens (including phenoxy) is 1. The van der Waals surface area contributed by atoms with Crippen LogP contribution in [0.4, 0.5) is 0 Å². The van der Waals surface area contributed by atoms with Gasteiger partial charge in [0, 0.05) is 7.11 Å². The topological polar surface area (TPSA) is 9.23 Å². The SMILES string of the molecule is COCSC. The van der Waals surface area contributed by atoms with E-state index in [0.29, 0.717) is 0 Å². The standard InChI is InChI=1S/C3H8OS/c1-4-3-5-2/h3H2,1-2H3. The molecule has 0 aromatic carbocycles. The Morgan fingerprint density at radius 3 is 2.40 bits per heavy atom. The van der Waals surface area contributed by atoms with Crippen molar-refractivity contribution < 1.29 is 4.74 Å². The molecule has 0 saturated heterocycles. The van der Waals surface area contributed by atoms with Gasteiger partial charge in [0.1, 0.15) is 0 Å². The summed E-state index contributed by atoms with van der Waals surface area (Å²) in [6.07, 6.45) is 2.00. The molecule has 0 rings (SSSR count). The normalized spacial score (nSPS) is 8.40. The van der Waals surface area contributed by atoms with Gasteiger partial charge in [-0.2, -0.15) is 0 Å². The van der Waals surface area contributed by atoms with Crippen molar-refractivity contribution in [2.45, 2.75) is 0 Å². The smallest absolute Gasteiger partial charge is 0.0914 e. The lowest BCUT2D eigenvalue weighted by atomic mass is 11.5. The van der Waals surface area contributed by atoms with Crippen molar-refractivity contribution >= 4 is 11.8 Å². The van der Waals surface area contributed by atoms with Crippen molar-refractivity contribution in [2.75, 3.05) is 19.3 Å². The fraction of sp³-hybridized carbons (Fsp3) is 1.00. The van der Waals surface area contributed by atoms with E-state index in [0.717, 1.165) is 5.94 Å². The summed E-state index contributed by atoms with van der Waals surface area (Å²) >= 11 is 1.68. The Morgan fingerprint density at radius 1 is 1.80 bits per heavy atom. The van der Waals surface area contributed by atoms with Crippen molar-refractivity contribution in [3.8, 4) is 0 Å². The quantitative estimate of drug-likeness (QED) is 0.469. The van der Waals surface area contributed by atoms with Gasteiger partial charge in [-0.15, -0.1) is 11.8 Å². The summed E-state index contributed by atoms with van der Waals surface area (Å²) in [5.74, 6) is 0.806. The minimum atomic E-state index is 0.806. The molecule has 0 aromatic heterocycles. The highest BCUT2D eigenvalue weighted by atomic mass is 32.2. The van der Waals surface area contributed by atoms with E-state index in [4.69, 9.17) is 0 Å². The average Bonchev–Trinajstić information content (AvgIpc) is 1.41. The molecule has 0 aliphatic rings. The van der Waals surface area contributed by atoms with Crippen LogP contribution in [0.1, 0.15) is 0 Å². The second-order valence-electron chi connectivity index (χ2n) is 0.695. The molecule has 0 spiro atoms. The highest BCUT2D eigenvalue weighted by Crippen LogP contribution is 1.86. The van der Waals surface area contributed by atoms with Gasteiger partial charge in [0.2, 0.25) is 0 Å². The van der Waals surface area contributed by atoms with Gasteiger partial charge in [0.15, 0.2) is 0 Å². The summed E-state index contributed by atoms with van der Waals surface area (Å²) in [6, 6.07) is 0. The maximum absolute atomic E-state index is 4.65. The lowest BCUT2D eigenvalue weighted by molar-refractivity contribution is 0.259. The number of hydrogen-bond acceptors (Lipinski definition) is 2. The van der Waals surface area contributed by atoms with E-state index in [1.807, 2.05) is 6.26 Å². The molecular weight excluding hydrogens is 84.1 g/mol. The van der Waals surface area contributed by atoms with Crippen LogP contribution in [-0.2, 0) is 4.74 Å². The van der Waals surface area contributed by atoms with Crippen LogP contribution in [0.25, 0.3) is 0 Å². The molecule has 0 N–H and O–H groups in total. The van der Waals surface area contributed by atoms with Crippen molar-refractivity contribution in [3.05, 3.63) is 0 Å². The Kier molecular flexibility index (Phi) is 4.58. The first-order chi connectivity index (χ1) is 2.41. The number of rotatable bonds is 2. The number of hydrogen-bond donors (Lipinski definition) is 0. The van der Waals surface area contributed by atoms with Crippen molar-refractivity contribution in [1.82, 2.24) is 0 Å². The first-order valence-electron chi connectivity index (χ1n) is 1.39. The third-order valence-electron chi connectivity index (χ3n) is 0.236. The molecule has 0 fully saturated rings. The van der Waals surface area contributed by atoms with Crippen LogP contribution in [0, 0.1) is 0 Å². The fourth-order valence-electron chi connectivity index (χ4n) is 0.118. The first kappa shape index (κ1) is 5.31. The average molecular weight is 92.2 g/mol. The van der Waals surface area contributed by atoms with E-state index in [9.17, 15) is 0 Å². The lowest BCUT2D eigenvalue weighted by Crippen LogP contribution is -1.75. The molecule has 1 nitrogen and oxygen atoms in total. The van der Waals surface area contributed by atoms with Gasteiger partial charge in [-0.1, -0.05) is 0 Å². The van der Waals surface area contributed by atoms with Gasteiger partial charge in [-0.3, -0.25) is 0 Å². The van der Waals surface area contributed by atoms with Crippen LogP contribution in [0.5, 0.6) is 0 Å². The van der Waals surface area contributed by atoms with Crippen molar-refractivity contribution in [3.63, 3.8) is 0 Å². The molecule has 0 bridgehead atoms. The van der Waals surface area contributed by atoms with E-state index < -0.39 is 0 Å². The van der Waals surface area contributed by atoms with E-state index >= 15 is 0 Å². The molecule has 0 heterocycles. The highest BCUT2D eigenvalue weighted by Gasteiger charge is 1.65. The maximum atomic E-state index is 4.65. The Labute approximate surface area is 36.7 Å². The Morgan fingerprint density at radius 2 is 2.40 bits per heavy atom. The molecule has 0 aliphatic heterocycles. The van der Waals surface area contributed by atoms with Crippen LogP contribution in [0.15, 0.2) is 0 Å².